The molecule has 0 atom stereocenters. The van der Waals surface area contributed by atoms with Crippen LogP contribution in [-0.2, 0) is 12.0 Å². The van der Waals surface area contributed by atoms with E-state index in [4.69, 9.17) is 9.97 Å². The largest absolute Gasteiger partial charge is 0.392 e. The van der Waals surface area contributed by atoms with E-state index in [1.807, 2.05) is 24.3 Å². The van der Waals surface area contributed by atoms with E-state index in [1.54, 1.807) is 11.3 Å². The second-order valence-corrected chi connectivity index (χ2v) is 7.89. The molecule has 0 saturated heterocycles. The van der Waals surface area contributed by atoms with Crippen LogP contribution in [0, 0.1) is 6.92 Å². The van der Waals surface area contributed by atoms with Crippen molar-refractivity contribution < 1.29 is 5.11 Å². The summed E-state index contributed by atoms with van der Waals surface area (Å²) in [5.41, 5.74) is 6.18. The van der Waals surface area contributed by atoms with E-state index in [-0.39, 0.29) is 12.0 Å². The number of hydrogen-bond donors (Lipinski definition) is 1. The Bertz CT molecular complexity index is 1170. The number of aliphatic hydroxyl groups is 1. The maximum Gasteiger partial charge on any atom is 0.144 e. The minimum atomic E-state index is -0.168. The van der Waals surface area contributed by atoms with Crippen LogP contribution in [0.15, 0.2) is 72.8 Å². The van der Waals surface area contributed by atoms with Crippen molar-refractivity contribution in [1.82, 2.24) is 9.97 Å². The lowest BCUT2D eigenvalue weighted by Crippen LogP contribution is -2.12. The zero-order chi connectivity index (χ0) is 18.4. The minimum Gasteiger partial charge on any atom is -0.392 e. The summed E-state index contributed by atoms with van der Waals surface area (Å²) in [5.74, 6) is 0. The molecule has 0 spiro atoms. The number of thiazole rings is 1. The van der Waals surface area contributed by atoms with E-state index in [0.29, 0.717) is 0 Å². The lowest BCUT2D eigenvalue weighted by atomic mass is 9.89. The molecule has 0 bridgehead atoms. The molecule has 0 aliphatic heterocycles. The average Bonchev–Trinajstić information content (AvgIpc) is 3.41. The summed E-state index contributed by atoms with van der Waals surface area (Å²) in [6, 6.07) is 20.6. The molecule has 3 nitrogen and oxygen atoms in total. The molecular formula is C23H18N2OS. The van der Waals surface area contributed by atoms with Crippen LogP contribution in [0.2, 0.25) is 0 Å². The number of pyridine rings is 1. The lowest BCUT2D eigenvalue weighted by molar-refractivity contribution is 0.282. The summed E-state index contributed by atoms with van der Waals surface area (Å²) in [7, 11) is 0. The Kier molecular flexibility index (Phi) is 3.71. The predicted molar refractivity (Wildman–Crippen MR) is 110 cm³/mol. The van der Waals surface area contributed by atoms with Gasteiger partial charge in [-0.1, -0.05) is 72.0 Å². The van der Waals surface area contributed by atoms with Crippen LogP contribution in [-0.4, -0.2) is 15.1 Å². The molecule has 5 rings (SSSR count). The fourth-order valence-electron chi connectivity index (χ4n) is 3.54. The molecule has 1 N–H and O–H groups in total. The van der Waals surface area contributed by atoms with E-state index in [0.717, 1.165) is 37.7 Å². The van der Waals surface area contributed by atoms with Gasteiger partial charge in [0.05, 0.1) is 17.7 Å². The third kappa shape index (κ3) is 2.69. The van der Waals surface area contributed by atoms with Crippen LogP contribution in [0.3, 0.4) is 0 Å². The molecule has 0 fully saturated rings. The molecule has 2 heterocycles. The summed E-state index contributed by atoms with van der Waals surface area (Å²) >= 11 is 1.62. The molecule has 2 aromatic heterocycles. The number of aryl methyl sites for hydroxylation is 1. The topological polar surface area (TPSA) is 46.0 Å². The van der Waals surface area contributed by atoms with Crippen molar-refractivity contribution in [2.45, 2.75) is 18.9 Å². The van der Waals surface area contributed by atoms with Crippen LogP contribution < -0.4 is 0 Å². The van der Waals surface area contributed by atoms with Crippen LogP contribution in [0.4, 0.5) is 0 Å². The van der Waals surface area contributed by atoms with Gasteiger partial charge in [-0.2, -0.15) is 0 Å². The zero-order valence-electron chi connectivity index (χ0n) is 14.9. The molecule has 1 aliphatic rings. The molecule has 0 amide bonds. The highest BCUT2D eigenvalue weighted by Crippen LogP contribution is 2.45. The third-order valence-corrected chi connectivity index (χ3v) is 6.13. The average molecular weight is 370 g/mol. The Labute approximate surface area is 161 Å². The smallest absolute Gasteiger partial charge is 0.144 e. The van der Waals surface area contributed by atoms with Gasteiger partial charge < -0.3 is 5.11 Å². The summed E-state index contributed by atoms with van der Waals surface area (Å²) in [5, 5.41) is 10.3. The molecule has 1 aliphatic carbocycles. The molecular weight excluding hydrogens is 352 g/mol. The Morgan fingerprint density at radius 2 is 1.78 bits per heavy atom. The van der Waals surface area contributed by atoms with Gasteiger partial charge in [0.1, 0.15) is 15.4 Å². The van der Waals surface area contributed by atoms with Gasteiger partial charge in [0.2, 0.25) is 0 Å². The fraction of sp³-hybridized carbons (Fsp3) is 0.130. The first-order valence-corrected chi connectivity index (χ1v) is 9.76. The Morgan fingerprint density at radius 3 is 2.48 bits per heavy atom. The lowest BCUT2D eigenvalue weighted by Gasteiger charge is -2.15. The Balaban J connectivity index is 1.57. The van der Waals surface area contributed by atoms with Crippen molar-refractivity contribution in [2.24, 2.45) is 0 Å². The van der Waals surface area contributed by atoms with Crippen molar-refractivity contribution in [2.75, 3.05) is 0 Å². The highest BCUT2D eigenvalue weighted by molar-refractivity contribution is 7.21. The van der Waals surface area contributed by atoms with E-state index >= 15 is 0 Å². The van der Waals surface area contributed by atoms with Gasteiger partial charge in [0, 0.05) is 5.56 Å². The number of nitrogens with zero attached hydrogens (tertiary/aromatic N) is 2. The number of allylic oxidation sites excluding steroid dienone is 2. The van der Waals surface area contributed by atoms with Gasteiger partial charge in [-0.3, -0.25) is 0 Å². The van der Waals surface area contributed by atoms with E-state index < -0.39 is 0 Å². The van der Waals surface area contributed by atoms with Crippen LogP contribution in [0.25, 0.3) is 20.9 Å². The fourth-order valence-corrected chi connectivity index (χ4v) is 4.56. The third-order valence-electron chi connectivity index (χ3n) is 5.13. The number of aliphatic hydroxyl groups excluding tert-OH is 1. The Hall–Kier alpha value is -2.82. The van der Waals surface area contributed by atoms with Gasteiger partial charge in [0.15, 0.2) is 0 Å². The van der Waals surface area contributed by atoms with Crippen molar-refractivity contribution in [1.29, 1.82) is 0 Å². The summed E-state index contributed by atoms with van der Waals surface area (Å²) in [6.45, 7) is 2.11. The SMILES string of the molecule is Cc1cc(CO)ccc1-c1nc2ccc(C3(c4ccccc4)C=C3)nc2s1. The maximum absolute atomic E-state index is 9.32. The molecule has 132 valence electrons. The first-order valence-electron chi connectivity index (χ1n) is 8.94. The monoisotopic (exact) mass is 370 g/mol. The summed E-state index contributed by atoms with van der Waals surface area (Å²) in [6.07, 6.45) is 4.41. The van der Waals surface area contributed by atoms with Crippen molar-refractivity contribution >= 4 is 21.7 Å². The van der Waals surface area contributed by atoms with Crippen molar-refractivity contribution in [3.63, 3.8) is 0 Å². The molecule has 4 aromatic rings. The van der Waals surface area contributed by atoms with Gasteiger partial charge in [0.25, 0.3) is 0 Å². The molecule has 0 saturated carbocycles. The molecule has 0 radical (unpaired) electrons. The first kappa shape index (κ1) is 16.4. The first-order chi connectivity index (χ1) is 13.2. The van der Waals surface area contributed by atoms with Gasteiger partial charge in [-0.25, -0.2) is 9.97 Å². The highest BCUT2D eigenvalue weighted by atomic mass is 32.1. The maximum atomic E-state index is 9.32. The predicted octanol–water partition coefficient (Wildman–Crippen LogP) is 5.01. The number of fused-ring (bicyclic) bond motifs is 1. The quantitative estimate of drug-likeness (QED) is 0.513. The normalized spacial score (nSPS) is 14.6. The number of benzene rings is 2. The van der Waals surface area contributed by atoms with Gasteiger partial charge in [-0.05, 0) is 35.7 Å². The van der Waals surface area contributed by atoms with Crippen LogP contribution in [0.1, 0.15) is 22.4 Å². The molecule has 4 heteroatoms. The second-order valence-electron chi connectivity index (χ2n) is 6.92. The molecule has 2 aromatic carbocycles. The number of rotatable bonds is 4. The van der Waals surface area contributed by atoms with Crippen molar-refractivity contribution in [3.05, 3.63) is 95.2 Å². The standard InChI is InChI=1S/C23H18N2OS/c1-15-13-16(14-26)7-8-18(15)21-24-19-9-10-20(25-22(19)27-21)23(11-12-23)17-5-3-2-4-6-17/h2-13,26H,14H2,1H3. The van der Waals surface area contributed by atoms with E-state index in [9.17, 15) is 5.11 Å². The molecule has 27 heavy (non-hydrogen) atoms. The van der Waals surface area contributed by atoms with Gasteiger partial charge >= 0.3 is 0 Å². The summed E-state index contributed by atoms with van der Waals surface area (Å²) in [4.78, 5) is 10.7. The molecule has 0 unspecified atom stereocenters. The van der Waals surface area contributed by atoms with Gasteiger partial charge in [-0.15, -0.1) is 0 Å². The highest BCUT2D eigenvalue weighted by Gasteiger charge is 2.39. The van der Waals surface area contributed by atoms with Crippen LogP contribution in [0.5, 0.6) is 0 Å². The second kappa shape index (κ2) is 6.12. The number of aromatic nitrogens is 2. The minimum absolute atomic E-state index is 0.0560. The Morgan fingerprint density at radius 1 is 0.963 bits per heavy atom. The van der Waals surface area contributed by atoms with Crippen molar-refractivity contribution in [3.8, 4) is 10.6 Å². The van der Waals surface area contributed by atoms with Crippen LogP contribution >= 0.6 is 11.3 Å². The number of hydrogen-bond acceptors (Lipinski definition) is 4. The van der Waals surface area contributed by atoms with E-state index in [2.05, 4.69) is 55.5 Å². The zero-order valence-corrected chi connectivity index (χ0v) is 15.7. The van der Waals surface area contributed by atoms with E-state index in [1.165, 1.54) is 5.56 Å². The summed E-state index contributed by atoms with van der Waals surface area (Å²) < 4.78 is 0.